The highest BCUT2D eigenvalue weighted by Gasteiger charge is 2.26. The van der Waals surface area contributed by atoms with E-state index in [-0.39, 0.29) is 12.0 Å². The van der Waals surface area contributed by atoms with Gasteiger partial charge in [-0.3, -0.25) is 14.6 Å². The Balaban J connectivity index is 1.89. The first-order chi connectivity index (χ1) is 10.5. The number of aliphatic hydroxyl groups is 1. The number of carbonyl (C=O) groups excluding carboxylic acids is 1. The molecule has 0 aromatic carbocycles. The molecule has 2 atom stereocenters. The van der Waals surface area contributed by atoms with Gasteiger partial charge in [-0.2, -0.15) is 0 Å². The molecule has 0 aliphatic carbocycles. The second-order valence-electron chi connectivity index (χ2n) is 5.97. The Morgan fingerprint density at radius 3 is 3.00 bits per heavy atom. The van der Waals surface area contributed by atoms with Crippen LogP contribution in [-0.4, -0.2) is 64.1 Å². The highest BCUT2D eigenvalue weighted by molar-refractivity contribution is 7.13. The molecule has 0 radical (unpaired) electrons. The first-order valence-electron chi connectivity index (χ1n) is 7.84. The number of carbonyl (C=O) groups is 1. The van der Waals surface area contributed by atoms with Crippen LogP contribution in [0.2, 0.25) is 0 Å². The van der Waals surface area contributed by atoms with E-state index in [4.69, 9.17) is 0 Å². The summed E-state index contributed by atoms with van der Waals surface area (Å²) < 4.78 is 0. The van der Waals surface area contributed by atoms with Crippen LogP contribution in [0.3, 0.4) is 0 Å². The molecule has 1 aromatic heterocycles. The van der Waals surface area contributed by atoms with E-state index in [1.54, 1.807) is 0 Å². The topological polar surface area (TPSA) is 68.7 Å². The van der Waals surface area contributed by atoms with Gasteiger partial charge < -0.3 is 10.4 Å². The van der Waals surface area contributed by atoms with Gasteiger partial charge in [-0.1, -0.05) is 6.92 Å². The molecular weight excluding hydrogens is 300 g/mol. The van der Waals surface area contributed by atoms with Crippen molar-refractivity contribution in [2.75, 3.05) is 31.5 Å². The van der Waals surface area contributed by atoms with Crippen molar-refractivity contribution in [2.45, 2.75) is 45.9 Å². The van der Waals surface area contributed by atoms with Gasteiger partial charge in [0.2, 0.25) is 5.91 Å². The van der Waals surface area contributed by atoms with Crippen LogP contribution in [0.1, 0.15) is 32.9 Å². The summed E-state index contributed by atoms with van der Waals surface area (Å²) in [7, 11) is 0. The molecule has 6 nitrogen and oxygen atoms in total. The Morgan fingerprint density at radius 1 is 1.59 bits per heavy atom. The lowest BCUT2D eigenvalue weighted by atomic mass is 10.1. The van der Waals surface area contributed by atoms with Crippen LogP contribution >= 0.6 is 11.3 Å². The first-order valence-corrected chi connectivity index (χ1v) is 8.72. The average Bonchev–Trinajstić information content (AvgIpc) is 2.86. The summed E-state index contributed by atoms with van der Waals surface area (Å²) in [5.41, 5.74) is 1.01. The molecular formula is C15H26N4O2S. The number of aromatic nitrogens is 1. The van der Waals surface area contributed by atoms with Crippen molar-refractivity contribution in [1.82, 2.24) is 14.8 Å². The van der Waals surface area contributed by atoms with Crippen molar-refractivity contribution >= 4 is 22.4 Å². The fourth-order valence-electron chi connectivity index (χ4n) is 2.88. The predicted molar refractivity (Wildman–Crippen MR) is 89.0 cm³/mol. The lowest BCUT2D eigenvalue weighted by Gasteiger charge is -2.41. The lowest BCUT2D eigenvalue weighted by molar-refractivity contribution is -0.114. The fraction of sp³-hybridized carbons (Fsp3) is 0.733. The molecule has 0 saturated carbocycles. The summed E-state index contributed by atoms with van der Waals surface area (Å²) in [5.74, 6) is -0.0846. The maximum Gasteiger partial charge on any atom is 0.223 e. The summed E-state index contributed by atoms with van der Waals surface area (Å²) in [5, 5.41) is 15.0. The van der Waals surface area contributed by atoms with Gasteiger partial charge in [0, 0.05) is 51.1 Å². The van der Waals surface area contributed by atoms with Gasteiger partial charge in [0.25, 0.3) is 0 Å². The van der Waals surface area contributed by atoms with Gasteiger partial charge in [0.1, 0.15) is 0 Å². The van der Waals surface area contributed by atoms with E-state index in [1.165, 1.54) is 18.3 Å². The van der Waals surface area contributed by atoms with Crippen LogP contribution in [0.4, 0.5) is 5.13 Å². The molecule has 1 fully saturated rings. The van der Waals surface area contributed by atoms with Crippen LogP contribution in [0.5, 0.6) is 0 Å². The largest absolute Gasteiger partial charge is 0.392 e. The van der Waals surface area contributed by atoms with E-state index in [9.17, 15) is 9.90 Å². The zero-order chi connectivity index (χ0) is 16.1. The molecule has 0 bridgehead atoms. The zero-order valence-electron chi connectivity index (χ0n) is 13.6. The Kier molecular flexibility index (Phi) is 6.31. The SMILES string of the molecule is CC[C@@H]1CN(Cc2csc(NC(C)=O)n2)CCN1C[C@H](C)O. The van der Waals surface area contributed by atoms with Crippen LogP contribution in [0.25, 0.3) is 0 Å². The van der Waals surface area contributed by atoms with Crippen LogP contribution in [0.15, 0.2) is 5.38 Å². The van der Waals surface area contributed by atoms with Gasteiger partial charge in [-0.05, 0) is 13.3 Å². The molecule has 1 aliphatic rings. The van der Waals surface area contributed by atoms with E-state index in [2.05, 4.69) is 27.0 Å². The molecule has 124 valence electrons. The van der Waals surface area contributed by atoms with E-state index in [0.29, 0.717) is 11.2 Å². The van der Waals surface area contributed by atoms with Crippen molar-refractivity contribution in [3.8, 4) is 0 Å². The van der Waals surface area contributed by atoms with Crippen LogP contribution < -0.4 is 5.32 Å². The number of nitrogens with zero attached hydrogens (tertiary/aromatic N) is 3. The molecule has 2 N–H and O–H groups in total. The number of amides is 1. The molecule has 1 amide bonds. The number of piperazine rings is 1. The average molecular weight is 326 g/mol. The van der Waals surface area contributed by atoms with Crippen molar-refractivity contribution in [3.05, 3.63) is 11.1 Å². The molecule has 1 aromatic rings. The van der Waals surface area contributed by atoms with Gasteiger partial charge in [0.15, 0.2) is 5.13 Å². The Bertz CT molecular complexity index is 492. The Hall–Kier alpha value is -1.02. The maximum atomic E-state index is 11.0. The molecule has 0 spiro atoms. The third-order valence-electron chi connectivity index (χ3n) is 3.88. The van der Waals surface area contributed by atoms with Crippen molar-refractivity contribution in [1.29, 1.82) is 0 Å². The van der Waals surface area contributed by atoms with E-state index in [1.807, 2.05) is 12.3 Å². The quantitative estimate of drug-likeness (QED) is 0.826. The molecule has 22 heavy (non-hydrogen) atoms. The summed E-state index contributed by atoms with van der Waals surface area (Å²) in [6, 6.07) is 0.483. The summed E-state index contributed by atoms with van der Waals surface area (Å²) >= 11 is 1.47. The number of anilines is 1. The molecule has 2 rings (SSSR count). The van der Waals surface area contributed by atoms with E-state index >= 15 is 0 Å². The van der Waals surface area contributed by atoms with Gasteiger partial charge in [-0.25, -0.2) is 4.98 Å². The van der Waals surface area contributed by atoms with Gasteiger partial charge in [0.05, 0.1) is 11.8 Å². The highest BCUT2D eigenvalue weighted by Crippen LogP contribution is 2.19. The maximum absolute atomic E-state index is 11.0. The minimum atomic E-state index is -0.278. The third kappa shape index (κ3) is 5.01. The Labute approximate surface area is 136 Å². The molecule has 0 unspecified atom stereocenters. The lowest BCUT2D eigenvalue weighted by Crippen LogP contribution is -2.54. The fourth-order valence-corrected chi connectivity index (χ4v) is 3.63. The Morgan fingerprint density at radius 2 is 2.36 bits per heavy atom. The summed E-state index contributed by atoms with van der Waals surface area (Å²) in [6.07, 6.45) is 0.802. The number of thiazole rings is 1. The molecule has 1 saturated heterocycles. The minimum Gasteiger partial charge on any atom is -0.392 e. The second-order valence-corrected chi connectivity index (χ2v) is 6.82. The summed E-state index contributed by atoms with van der Waals surface area (Å²) in [6.45, 7) is 10.1. The number of aliphatic hydroxyl groups excluding tert-OH is 1. The van der Waals surface area contributed by atoms with E-state index < -0.39 is 0 Å². The van der Waals surface area contributed by atoms with E-state index in [0.717, 1.165) is 44.8 Å². The highest BCUT2D eigenvalue weighted by atomic mass is 32.1. The van der Waals surface area contributed by atoms with Crippen molar-refractivity contribution in [3.63, 3.8) is 0 Å². The number of hydrogen-bond acceptors (Lipinski definition) is 6. The smallest absolute Gasteiger partial charge is 0.223 e. The molecule has 1 aliphatic heterocycles. The second kappa shape index (κ2) is 8.01. The predicted octanol–water partition coefficient (Wildman–Crippen LogP) is 1.38. The number of rotatable bonds is 6. The number of hydrogen-bond donors (Lipinski definition) is 2. The standard InChI is InChI=1S/C15H26N4O2S/c1-4-14-9-18(5-6-19(14)7-11(2)20)8-13-10-22-15(17-13)16-12(3)21/h10-11,14,20H,4-9H2,1-3H3,(H,16,17,21)/t11-,14+/m0/s1. The van der Waals surface area contributed by atoms with Gasteiger partial charge in [-0.15, -0.1) is 11.3 Å². The van der Waals surface area contributed by atoms with Crippen LogP contribution in [-0.2, 0) is 11.3 Å². The third-order valence-corrected chi connectivity index (χ3v) is 4.69. The normalized spacial score (nSPS) is 21.7. The van der Waals surface area contributed by atoms with Crippen LogP contribution in [0, 0.1) is 0 Å². The van der Waals surface area contributed by atoms with Crippen molar-refractivity contribution in [2.24, 2.45) is 0 Å². The zero-order valence-corrected chi connectivity index (χ0v) is 14.4. The van der Waals surface area contributed by atoms with Crippen molar-refractivity contribution < 1.29 is 9.90 Å². The monoisotopic (exact) mass is 326 g/mol. The number of β-amino-alcohol motifs (C(OH)–C–C–N with tert-alkyl or cyclic N) is 1. The van der Waals surface area contributed by atoms with Gasteiger partial charge >= 0.3 is 0 Å². The minimum absolute atomic E-state index is 0.0846. The molecule has 2 heterocycles. The summed E-state index contributed by atoms with van der Waals surface area (Å²) in [4.78, 5) is 20.3. The number of nitrogens with one attached hydrogen (secondary N) is 1. The first kappa shape index (κ1) is 17.3. The molecule has 7 heteroatoms.